The predicted molar refractivity (Wildman–Crippen MR) is 75.3 cm³/mol. The summed E-state index contributed by atoms with van der Waals surface area (Å²) in [6.45, 7) is 4.69. The number of rotatable bonds is 7. The van der Waals surface area contributed by atoms with Gasteiger partial charge in [-0.05, 0) is 31.1 Å². The van der Waals surface area contributed by atoms with Crippen molar-refractivity contribution in [2.75, 3.05) is 20.1 Å². The first kappa shape index (κ1) is 16.8. The number of carbonyl (C=O) groups excluding carboxylic acids is 1. The second-order valence-electron chi connectivity index (χ2n) is 6.22. The molecule has 6 nitrogen and oxygen atoms in total. The van der Waals surface area contributed by atoms with Crippen LogP contribution in [-0.4, -0.2) is 53.4 Å². The molecule has 1 aliphatic carbocycles. The summed E-state index contributed by atoms with van der Waals surface area (Å²) in [6, 6.07) is -0.249. The van der Waals surface area contributed by atoms with Gasteiger partial charge in [-0.1, -0.05) is 13.8 Å². The smallest absolute Gasteiger partial charge is 0.317 e. The van der Waals surface area contributed by atoms with Gasteiger partial charge in [-0.15, -0.1) is 0 Å². The Bertz CT molecular complexity index is 340. The van der Waals surface area contributed by atoms with Crippen LogP contribution < -0.4 is 5.32 Å². The van der Waals surface area contributed by atoms with E-state index in [0.29, 0.717) is 18.9 Å². The fraction of sp³-hybridized carbons (Fsp3) is 0.857. The van der Waals surface area contributed by atoms with Gasteiger partial charge in [-0.3, -0.25) is 4.79 Å². The summed E-state index contributed by atoms with van der Waals surface area (Å²) in [6.07, 6.45) is 1.80. The van der Waals surface area contributed by atoms with Gasteiger partial charge in [-0.25, -0.2) is 4.79 Å². The van der Waals surface area contributed by atoms with Crippen molar-refractivity contribution in [3.8, 4) is 0 Å². The number of amides is 2. The summed E-state index contributed by atoms with van der Waals surface area (Å²) in [5.41, 5.74) is 0. The molecule has 1 rings (SSSR count). The fourth-order valence-corrected chi connectivity index (χ4v) is 2.51. The number of aliphatic hydroxyl groups is 1. The highest BCUT2D eigenvalue weighted by Gasteiger charge is 2.29. The second-order valence-corrected chi connectivity index (χ2v) is 6.22. The summed E-state index contributed by atoms with van der Waals surface area (Å²) in [5, 5.41) is 21.0. The van der Waals surface area contributed by atoms with Gasteiger partial charge in [0.25, 0.3) is 0 Å². The lowest BCUT2D eigenvalue weighted by Gasteiger charge is -2.34. The molecule has 20 heavy (non-hydrogen) atoms. The van der Waals surface area contributed by atoms with E-state index >= 15 is 0 Å². The normalized spacial score (nSPS) is 23.1. The van der Waals surface area contributed by atoms with E-state index in [1.165, 1.54) is 0 Å². The van der Waals surface area contributed by atoms with Crippen LogP contribution in [0.2, 0.25) is 0 Å². The third kappa shape index (κ3) is 5.36. The molecule has 1 aliphatic rings. The van der Waals surface area contributed by atoms with Crippen LogP contribution in [0.5, 0.6) is 0 Å². The van der Waals surface area contributed by atoms with Gasteiger partial charge in [0.05, 0.1) is 12.0 Å². The molecule has 0 aromatic rings. The maximum Gasteiger partial charge on any atom is 0.317 e. The van der Waals surface area contributed by atoms with Crippen molar-refractivity contribution in [3.05, 3.63) is 0 Å². The maximum absolute atomic E-state index is 11.9. The number of hydrogen-bond donors (Lipinski definition) is 3. The molecule has 1 unspecified atom stereocenters. The quantitative estimate of drug-likeness (QED) is 0.655. The summed E-state index contributed by atoms with van der Waals surface area (Å²) in [7, 11) is 1.69. The number of aliphatic carboxylic acids is 1. The van der Waals surface area contributed by atoms with E-state index in [1.54, 1.807) is 11.9 Å². The standard InChI is InChI=1S/C14H26N2O4/c1-9(2)4-11(13(18)19)7-15-14(20)16(3)8-10-5-12(17)6-10/h9-12,17H,4-8H2,1-3H3,(H,15,20)(H,18,19). The summed E-state index contributed by atoms with van der Waals surface area (Å²) >= 11 is 0. The van der Waals surface area contributed by atoms with Crippen molar-refractivity contribution < 1.29 is 19.8 Å². The topological polar surface area (TPSA) is 89.9 Å². The number of urea groups is 1. The molecule has 1 atom stereocenters. The fourth-order valence-electron chi connectivity index (χ4n) is 2.51. The van der Waals surface area contributed by atoms with E-state index in [4.69, 9.17) is 5.11 Å². The minimum absolute atomic E-state index is 0.157. The van der Waals surface area contributed by atoms with Gasteiger partial charge in [-0.2, -0.15) is 0 Å². The molecule has 0 radical (unpaired) electrons. The molecule has 0 saturated heterocycles. The third-order valence-corrected chi connectivity index (χ3v) is 3.69. The monoisotopic (exact) mass is 286 g/mol. The lowest BCUT2D eigenvalue weighted by atomic mass is 9.82. The average Bonchev–Trinajstić information content (AvgIpc) is 2.31. The third-order valence-electron chi connectivity index (χ3n) is 3.69. The van der Waals surface area contributed by atoms with Crippen LogP contribution in [0.25, 0.3) is 0 Å². The molecule has 1 saturated carbocycles. The molecule has 0 aromatic carbocycles. The number of carboxylic acid groups (broad SMARTS) is 1. The zero-order valence-electron chi connectivity index (χ0n) is 12.5. The molecule has 0 aliphatic heterocycles. The molecule has 3 N–H and O–H groups in total. The Morgan fingerprint density at radius 3 is 2.40 bits per heavy atom. The highest BCUT2D eigenvalue weighted by molar-refractivity contribution is 5.75. The molecule has 0 spiro atoms. The molecule has 116 valence electrons. The SMILES string of the molecule is CC(C)CC(CNC(=O)N(C)CC1CC(O)C1)C(=O)O. The predicted octanol–water partition coefficient (Wildman–Crippen LogP) is 1.15. The van der Waals surface area contributed by atoms with E-state index in [0.717, 1.165) is 12.8 Å². The van der Waals surface area contributed by atoms with E-state index in [-0.39, 0.29) is 24.6 Å². The summed E-state index contributed by atoms with van der Waals surface area (Å²) < 4.78 is 0. The largest absolute Gasteiger partial charge is 0.481 e. The van der Waals surface area contributed by atoms with Gasteiger partial charge in [0.15, 0.2) is 0 Å². The lowest BCUT2D eigenvalue weighted by Crippen LogP contribution is -2.45. The van der Waals surface area contributed by atoms with Crippen LogP contribution in [0, 0.1) is 17.8 Å². The summed E-state index contributed by atoms with van der Waals surface area (Å²) in [4.78, 5) is 24.5. The molecule has 6 heteroatoms. The minimum Gasteiger partial charge on any atom is -0.481 e. The molecule has 1 fully saturated rings. The van der Waals surface area contributed by atoms with E-state index in [2.05, 4.69) is 5.32 Å². The van der Waals surface area contributed by atoms with Crippen molar-refractivity contribution in [3.63, 3.8) is 0 Å². The van der Waals surface area contributed by atoms with Crippen LogP contribution >= 0.6 is 0 Å². The number of hydrogen-bond acceptors (Lipinski definition) is 3. The van der Waals surface area contributed by atoms with Gasteiger partial charge in [0.2, 0.25) is 0 Å². The first-order valence-corrected chi connectivity index (χ1v) is 7.19. The molecule has 0 bridgehead atoms. The minimum atomic E-state index is -0.872. The van der Waals surface area contributed by atoms with Crippen molar-refractivity contribution in [1.29, 1.82) is 0 Å². The zero-order chi connectivity index (χ0) is 15.3. The van der Waals surface area contributed by atoms with Gasteiger partial charge < -0.3 is 20.4 Å². The van der Waals surface area contributed by atoms with Crippen molar-refractivity contribution >= 4 is 12.0 Å². The zero-order valence-corrected chi connectivity index (χ0v) is 12.5. The number of carbonyl (C=O) groups is 2. The number of carboxylic acids is 1. The van der Waals surface area contributed by atoms with E-state index in [9.17, 15) is 14.7 Å². The Hall–Kier alpha value is -1.30. The molecular formula is C14H26N2O4. The number of aliphatic hydroxyl groups excluding tert-OH is 1. The van der Waals surface area contributed by atoms with Crippen LogP contribution in [0.3, 0.4) is 0 Å². The van der Waals surface area contributed by atoms with Crippen molar-refractivity contribution in [2.45, 2.75) is 39.2 Å². The van der Waals surface area contributed by atoms with E-state index in [1.807, 2.05) is 13.8 Å². The van der Waals surface area contributed by atoms with Crippen LogP contribution in [0.1, 0.15) is 33.1 Å². The lowest BCUT2D eigenvalue weighted by molar-refractivity contribution is -0.142. The first-order valence-electron chi connectivity index (χ1n) is 7.19. The molecule has 0 aromatic heterocycles. The van der Waals surface area contributed by atoms with E-state index < -0.39 is 11.9 Å². The molecule has 2 amide bonds. The van der Waals surface area contributed by atoms with Crippen molar-refractivity contribution in [1.82, 2.24) is 10.2 Å². The highest BCUT2D eigenvalue weighted by Crippen LogP contribution is 2.27. The molecule has 0 heterocycles. The van der Waals surface area contributed by atoms with Crippen LogP contribution in [0.15, 0.2) is 0 Å². The Morgan fingerprint density at radius 2 is 1.95 bits per heavy atom. The van der Waals surface area contributed by atoms with Crippen LogP contribution in [0.4, 0.5) is 4.79 Å². The van der Waals surface area contributed by atoms with Gasteiger partial charge in [0, 0.05) is 20.1 Å². The maximum atomic E-state index is 11.9. The Morgan fingerprint density at radius 1 is 1.35 bits per heavy atom. The van der Waals surface area contributed by atoms with Gasteiger partial charge >= 0.3 is 12.0 Å². The highest BCUT2D eigenvalue weighted by atomic mass is 16.4. The molecular weight excluding hydrogens is 260 g/mol. The first-order chi connectivity index (χ1) is 9.29. The van der Waals surface area contributed by atoms with Crippen LogP contribution in [-0.2, 0) is 4.79 Å². The number of nitrogens with zero attached hydrogens (tertiary/aromatic N) is 1. The average molecular weight is 286 g/mol. The second kappa shape index (κ2) is 7.47. The van der Waals surface area contributed by atoms with Crippen molar-refractivity contribution in [2.24, 2.45) is 17.8 Å². The number of nitrogens with one attached hydrogen (secondary N) is 1. The Balaban J connectivity index is 2.31. The summed E-state index contributed by atoms with van der Waals surface area (Å²) in [5.74, 6) is -0.782. The Kier molecular flexibility index (Phi) is 6.26. The van der Waals surface area contributed by atoms with Gasteiger partial charge in [0.1, 0.15) is 0 Å². The Labute approximate surface area is 120 Å².